The molecular weight excluding hydrogens is 349 g/mol. The van der Waals surface area contributed by atoms with Crippen molar-refractivity contribution in [2.45, 2.75) is 32.8 Å². The third kappa shape index (κ3) is 4.73. The molecule has 0 aliphatic carbocycles. The standard InChI is InChI=1S/C21H24FNO2S/c1-2-24-20-14-17(21(26)23-12-4-3-5-13-23)8-11-19(20)25-15-16-6-9-18(22)10-7-16/h6-11,14H,2-5,12-13,15H2,1H3. The van der Waals surface area contributed by atoms with Crippen molar-refractivity contribution in [1.82, 2.24) is 4.90 Å². The molecule has 0 unspecified atom stereocenters. The fourth-order valence-corrected chi connectivity index (χ4v) is 3.36. The van der Waals surface area contributed by atoms with E-state index in [2.05, 4.69) is 4.90 Å². The smallest absolute Gasteiger partial charge is 0.161 e. The summed E-state index contributed by atoms with van der Waals surface area (Å²) in [6.45, 7) is 4.89. The third-order valence-electron chi connectivity index (χ3n) is 4.44. The molecule has 5 heteroatoms. The molecule has 0 saturated carbocycles. The molecule has 0 N–H and O–H groups in total. The van der Waals surface area contributed by atoms with Gasteiger partial charge >= 0.3 is 0 Å². The van der Waals surface area contributed by atoms with E-state index in [9.17, 15) is 4.39 Å². The van der Waals surface area contributed by atoms with Crippen molar-refractivity contribution in [2.75, 3.05) is 19.7 Å². The Kier molecular flexibility index (Phi) is 6.45. The number of thiocarbonyl (C=S) groups is 1. The first-order valence-corrected chi connectivity index (χ1v) is 9.51. The first kappa shape index (κ1) is 18.6. The number of rotatable bonds is 6. The van der Waals surface area contributed by atoms with Crippen molar-refractivity contribution >= 4 is 17.2 Å². The Bertz CT molecular complexity index is 742. The van der Waals surface area contributed by atoms with Crippen LogP contribution in [0.25, 0.3) is 0 Å². The quantitative estimate of drug-likeness (QED) is 0.667. The maximum Gasteiger partial charge on any atom is 0.161 e. The number of hydrogen-bond acceptors (Lipinski definition) is 3. The number of ether oxygens (including phenoxy) is 2. The summed E-state index contributed by atoms with van der Waals surface area (Å²) in [5.74, 6) is 1.10. The van der Waals surface area contributed by atoms with Gasteiger partial charge in [-0.15, -0.1) is 0 Å². The summed E-state index contributed by atoms with van der Waals surface area (Å²) in [7, 11) is 0. The molecule has 1 saturated heterocycles. The molecule has 1 aliphatic rings. The lowest BCUT2D eigenvalue weighted by atomic mass is 10.1. The van der Waals surface area contributed by atoms with Gasteiger partial charge in [-0.3, -0.25) is 0 Å². The summed E-state index contributed by atoms with van der Waals surface area (Å²) < 4.78 is 24.7. The lowest BCUT2D eigenvalue weighted by Gasteiger charge is -2.29. The molecule has 2 aromatic carbocycles. The summed E-state index contributed by atoms with van der Waals surface area (Å²) in [6, 6.07) is 12.1. The molecule has 0 radical (unpaired) electrons. The van der Waals surface area contributed by atoms with Crippen LogP contribution in [-0.4, -0.2) is 29.6 Å². The van der Waals surface area contributed by atoms with Crippen LogP contribution in [-0.2, 0) is 6.61 Å². The second kappa shape index (κ2) is 8.99. The van der Waals surface area contributed by atoms with Crippen LogP contribution in [0.15, 0.2) is 42.5 Å². The number of hydrogen-bond donors (Lipinski definition) is 0. The lowest BCUT2D eigenvalue weighted by Crippen LogP contribution is -2.34. The topological polar surface area (TPSA) is 21.7 Å². The summed E-state index contributed by atoms with van der Waals surface area (Å²) in [5.41, 5.74) is 1.89. The molecule has 0 aromatic heterocycles. The van der Waals surface area contributed by atoms with E-state index in [1.54, 1.807) is 12.1 Å². The summed E-state index contributed by atoms with van der Waals surface area (Å²) in [6.07, 6.45) is 3.66. The van der Waals surface area contributed by atoms with E-state index in [4.69, 9.17) is 21.7 Å². The van der Waals surface area contributed by atoms with E-state index in [1.165, 1.54) is 31.4 Å². The Labute approximate surface area is 159 Å². The van der Waals surface area contributed by atoms with Crippen molar-refractivity contribution in [2.24, 2.45) is 0 Å². The van der Waals surface area contributed by atoms with Crippen molar-refractivity contribution < 1.29 is 13.9 Å². The summed E-state index contributed by atoms with van der Waals surface area (Å²) >= 11 is 5.67. The lowest BCUT2D eigenvalue weighted by molar-refractivity contribution is 0.269. The molecule has 26 heavy (non-hydrogen) atoms. The molecule has 0 atom stereocenters. The first-order valence-electron chi connectivity index (χ1n) is 9.10. The largest absolute Gasteiger partial charge is 0.490 e. The van der Waals surface area contributed by atoms with Crippen molar-refractivity contribution in [3.05, 3.63) is 59.4 Å². The molecule has 2 aromatic rings. The van der Waals surface area contributed by atoms with E-state index >= 15 is 0 Å². The van der Waals surface area contributed by atoms with Crippen LogP contribution in [0.1, 0.15) is 37.3 Å². The van der Waals surface area contributed by atoms with Crippen molar-refractivity contribution in [3.8, 4) is 11.5 Å². The SMILES string of the molecule is CCOc1cc(C(=S)N2CCCCC2)ccc1OCc1ccc(F)cc1. The van der Waals surface area contributed by atoms with E-state index in [0.717, 1.165) is 29.2 Å². The van der Waals surface area contributed by atoms with Gasteiger partial charge in [-0.1, -0.05) is 24.4 Å². The van der Waals surface area contributed by atoms with Gasteiger partial charge < -0.3 is 14.4 Å². The van der Waals surface area contributed by atoms with Gasteiger partial charge in [0, 0.05) is 18.7 Å². The maximum atomic E-state index is 13.0. The molecule has 0 bridgehead atoms. The molecule has 1 fully saturated rings. The number of piperidine rings is 1. The van der Waals surface area contributed by atoms with Gasteiger partial charge in [0.2, 0.25) is 0 Å². The zero-order valence-corrected chi connectivity index (χ0v) is 15.9. The van der Waals surface area contributed by atoms with Gasteiger partial charge in [0.1, 0.15) is 17.4 Å². The van der Waals surface area contributed by atoms with Crippen LogP contribution >= 0.6 is 12.2 Å². The molecule has 1 heterocycles. The molecule has 0 amide bonds. The molecule has 3 rings (SSSR count). The maximum absolute atomic E-state index is 13.0. The number of nitrogens with zero attached hydrogens (tertiary/aromatic N) is 1. The highest BCUT2D eigenvalue weighted by atomic mass is 32.1. The van der Waals surface area contributed by atoms with Crippen LogP contribution < -0.4 is 9.47 Å². The highest BCUT2D eigenvalue weighted by molar-refractivity contribution is 7.80. The second-order valence-electron chi connectivity index (χ2n) is 6.36. The van der Waals surface area contributed by atoms with Gasteiger partial charge in [-0.25, -0.2) is 4.39 Å². The molecule has 0 spiro atoms. The van der Waals surface area contributed by atoms with E-state index < -0.39 is 0 Å². The molecule has 1 aliphatic heterocycles. The number of benzene rings is 2. The first-order chi connectivity index (χ1) is 12.7. The summed E-state index contributed by atoms with van der Waals surface area (Å²) in [5, 5.41) is 0. The minimum absolute atomic E-state index is 0.251. The van der Waals surface area contributed by atoms with Crippen LogP contribution in [0.2, 0.25) is 0 Å². The fraction of sp³-hybridized carbons (Fsp3) is 0.381. The van der Waals surface area contributed by atoms with E-state index in [-0.39, 0.29) is 5.82 Å². The third-order valence-corrected chi connectivity index (χ3v) is 4.94. The average Bonchev–Trinajstić information content (AvgIpc) is 2.68. The van der Waals surface area contributed by atoms with Gasteiger partial charge in [-0.2, -0.15) is 0 Å². The predicted octanol–water partition coefficient (Wildman–Crippen LogP) is 4.96. The highest BCUT2D eigenvalue weighted by Crippen LogP contribution is 2.30. The monoisotopic (exact) mass is 373 g/mol. The van der Waals surface area contributed by atoms with Gasteiger partial charge in [0.05, 0.1) is 6.61 Å². The zero-order valence-electron chi connectivity index (χ0n) is 15.0. The molecular formula is C21H24FNO2S. The predicted molar refractivity (Wildman–Crippen MR) is 105 cm³/mol. The average molecular weight is 373 g/mol. The van der Waals surface area contributed by atoms with Gasteiger partial charge in [0.25, 0.3) is 0 Å². The normalized spacial score (nSPS) is 14.2. The van der Waals surface area contributed by atoms with E-state index in [1.807, 2.05) is 25.1 Å². The second-order valence-corrected chi connectivity index (χ2v) is 6.75. The van der Waals surface area contributed by atoms with Crippen LogP contribution in [0, 0.1) is 5.82 Å². The van der Waals surface area contributed by atoms with E-state index in [0.29, 0.717) is 24.7 Å². The Balaban J connectivity index is 1.73. The van der Waals surface area contributed by atoms with Crippen LogP contribution in [0.4, 0.5) is 4.39 Å². The Morgan fingerprint density at radius 3 is 2.42 bits per heavy atom. The Morgan fingerprint density at radius 2 is 1.73 bits per heavy atom. The van der Waals surface area contributed by atoms with Crippen molar-refractivity contribution in [3.63, 3.8) is 0 Å². The zero-order chi connectivity index (χ0) is 18.4. The van der Waals surface area contributed by atoms with Crippen molar-refractivity contribution in [1.29, 1.82) is 0 Å². The van der Waals surface area contributed by atoms with Gasteiger partial charge in [0.15, 0.2) is 11.5 Å². The number of likely N-dealkylation sites (tertiary alicyclic amines) is 1. The number of halogens is 1. The minimum Gasteiger partial charge on any atom is -0.490 e. The summed E-state index contributed by atoms with van der Waals surface area (Å²) in [4.78, 5) is 3.14. The Morgan fingerprint density at radius 1 is 1.00 bits per heavy atom. The van der Waals surface area contributed by atoms with Gasteiger partial charge in [-0.05, 0) is 62.1 Å². The van der Waals surface area contributed by atoms with Crippen LogP contribution in [0.3, 0.4) is 0 Å². The highest BCUT2D eigenvalue weighted by Gasteiger charge is 2.17. The molecule has 3 nitrogen and oxygen atoms in total. The Hall–Kier alpha value is -2.14. The fourth-order valence-electron chi connectivity index (χ4n) is 3.05. The van der Waals surface area contributed by atoms with Crippen LogP contribution in [0.5, 0.6) is 11.5 Å². The minimum atomic E-state index is -0.251. The molecule has 138 valence electrons.